The van der Waals surface area contributed by atoms with Crippen LogP contribution in [0.25, 0.3) is 21.7 Å². The summed E-state index contributed by atoms with van der Waals surface area (Å²) in [5.74, 6) is 1.05. The highest BCUT2D eigenvalue weighted by atomic mass is 35.5. The Balaban J connectivity index is 1.64. The quantitative estimate of drug-likeness (QED) is 0.301. The highest BCUT2D eigenvalue weighted by molar-refractivity contribution is 7.80. The molecule has 0 aliphatic heterocycles. The number of anilines is 2. The highest BCUT2D eigenvalue weighted by Gasteiger charge is 2.12. The van der Waals surface area contributed by atoms with Crippen LogP contribution in [0.15, 0.2) is 59.4 Å². The van der Waals surface area contributed by atoms with Crippen LogP contribution in [0.5, 0.6) is 11.5 Å². The van der Waals surface area contributed by atoms with Crippen molar-refractivity contribution < 1.29 is 9.47 Å². The Labute approximate surface area is 182 Å². The first-order valence-electron chi connectivity index (χ1n) is 9.04. The van der Waals surface area contributed by atoms with Crippen molar-refractivity contribution in [1.29, 1.82) is 0 Å². The molecule has 30 heavy (non-hydrogen) atoms. The molecule has 1 aromatic heterocycles. The standard InChI is InChI=1S/C22H18ClN3O3S/c1-28-19-11-20(29-2)18(10-16(19)23)26-22(30)24-12-7-8-17-15(9-12)13-5-3-4-6-14(13)21(27)25-17/h3-11H,1-2H3,(H,25,27)(H2,24,26,30). The predicted octanol–water partition coefficient (Wildman–Crippen LogP) is 5.16. The smallest absolute Gasteiger partial charge is 0.256 e. The van der Waals surface area contributed by atoms with Gasteiger partial charge in [-0.1, -0.05) is 29.8 Å². The molecule has 0 saturated carbocycles. The van der Waals surface area contributed by atoms with Crippen molar-refractivity contribution in [3.8, 4) is 11.5 Å². The Morgan fingerprint density at radius 3 is 2.40 bits per heavy atom. The largest absolute Gasteiger partial charge is 0.495 e. The summed E-state index contributed by atoms with van der Waals surface area (Å²) in [4.78, 5) is 15.2. The monoisotopic (exact) mass is 439 g/mol. The second kappa shape index (κ2) is 8.22. The first-order chi connectivity index (χ1) is 14.5. The number of halogens is 1. The topological polar surface area (TPSA) is 75.4 Å². The summed E-state index contributed by atoms with van der Waals surface area (Å²) in [6.07, 6.45) is 0. The summed E-state index contributed by atoms with van der Waals surface area (Å²) in [7, 11) is 3.09. The molecule has 0 unspecified atom stereocenters. The minimum absolute atomic E-state index is 0.112. The van der Waals surface area contributed by atoms with Crippen molar-refractivity contribution in [3.05, 3.63) is 70.0 Å². The summed E-state index contributed by atoms with van der Waals surface area (Å²) >= 11 is 11.7. The van der Waals surface area contributed by atoms with Crippen molar-refractivity contribution in [1.82, 2.24) is 4.98 Å². The van der Waals surface area contributed by atoms with E-state index in [1.165, 1.54) is 7.11 Å². The van der Waals surface area contributed by atoms with E-state index in [-0.39, 0.29) is 5.56 Å². The van der Waals surface area contributed by atoms with E-state index in [1.54, 1.807) is 25.3 Å². The SMILES string of the molecule is COc1cc(OC)c(NC(=S)Nc2ccc3[nH]c(=O)c4ccccc4c3c2)cc1Cl. The minimum Gasteiger partial charge on any atom is -0.495 e. The van der Waals surface area contributed by atoms with Gasteiger partial charge >= 0.3 is 0 Å². The Bertz CT molecular complexity index is 1340. The molecular formula is C22H18ClN3O3S. The molecule has 3 N–H and O–H groups in total. The molecule has 152 valence electrons. The number of fused-ring (bicyclic) bond motifs is 3. The number of rotatable bonds is 4. The highest BCUT2D eigenvalue weighted by Crippen LogP contribution is 2.36. The van der Waals surface area contributed by atoms with E-state index >= 15 is 0 Å². The fraction of sp³-hybridized carbons (Fsp3) is 0.0909. The van der Waals surface area contributed by atoms with Gasteiger partial charge in [0.1, 0.15) is 11.5 Å². The second-order valence-electron chi connectivity index (χ2n) is 6.53. The zero-order valence-corrected chi connectivity index (χ0v) is 17.8. The third kappa shape index (κ3) is 3.77. The molecule has 0 radical (unpaired) electrons. The molecule has 0 spiro atoms. The van der Waals surface area contributed by atoms with Gasteiger partial charge in [0.25, 0.3) is 5.56 Å². The number of aromatic amines is 1. The summed E-state index contributed by atoms with van der Waals surface area (Å²) in [5.41, 5.74) is 2.03. The molecule has 4 aromatic rings. The van der Waals surface area contributed by atoms with E-state index in [0.29, 0.717) is 32.7 Å². The minimum atomic E-state index is -0.112. The normalized spacial score (nSPS) is 10.8. The molecule has 0 fully saturated rings. The average molecular weight is 440 g/mol. The molecule has 0 aliphatic carbocycles. The van der Waals surface area contributed by atoms with Crippen LogP contribution in [0.4, 0.5) is 11.4 Å². The number of thiocarbonyl (C=S) groups is 1. The van der Waals surface area contributed by atoms with E-state index in [1.807, 2.05) is 36.4 Å². The number of benzene rings is 3. The maximum atomic E-state index is 12.3. The summed E-state index contributed by atoms with van der Waals surface area (Å²) in [6, 6.07) is 16.5. The molecule has 0 amide bonds. The number of pyridine rings is 1. The Kier molecular flexibility index (Phi) is 5.48. The van der Waals surface area contributed by atoms with E-state index in [0.717, 1.165) is 22.0 Å². The number of methoxy groups -OCH3 is 2. The van der Waals surface area contributed by atoms with E-state index in [4.69, 9.17) is 33.3 Å². The number of ether oxygens (including phenoxy) is 2. The van der Waals surface area contributed by atoms with Crippen LogP contribution in [0.3, 0.4) is 0 Å². The summed E-state index contributed by atoms with van der Waals surface area (Å²) in [5, 5.41) is 9.49. The lowest BCUT2D eigenvalue weighted by atomic mass is 10.1. The van der Waals surface area contributed by atoms with Crippen molar-refractivity contribution in [2.45, 2.75) is 0 Å². The van der Waals surface area contributed by atoms with Gasteiger partial charge in [-0.3, -0.25) is 4.79 Å². The van der Waals surface area contributed by atoms with Crippen LogP contribution >= 0.6 is 23.8 Å². The van der Waals surface area contributed by atoms with E-state index in [9.17, 15) is 4.79 Å². The van der Waals surface area contributed by atoms with E-state index in [2.05, 4.69) is 15.6 Å². The van der Waals surface area contributed by atoms with Gasteiger partial charge in [0.15, 0.2) is 5.11 Å². The number of H-pyrrole nitrogens is 1. The summed E-state index contributed by atoms with van der Waals surface area (Å²) in [6.45, 7) is 0. The molecule has 0 aliphatic rings. The Hall–Kier alpha value is -3.29. The van der Waals surface area contributed by atoms with Crippen LogP contribution in [0.1, 0.15) is 0 Å². The van der Waals surface area contributed by atoms with Crippen LogP contribution in [-0.2, 0) is 0 Å². The van der Waals surface area contributed by atoms with Crippen molar-refractivity contribution in [3.63, 3.8) is 0 Å². The fourth-order valence-corrected chi connectivity index (χ4v) is 3.77. The average Bonchev–Trinajstić information content (AvgIpc) is 2.74. The van der Waals surface area contributed by atoms with Gasteiger partial charge < -0.3 is 25.1 Å². The van der Waals surface area contributed by atoms with Crippen LogP contribution in [0, 0.1) is 0 Å². The lowest BCUT2D eigenvalue weighted by Crippen LogP contribution is -2.19. The van der Waals surface area contributed by atoms with Gasteiger partial charge in [-0.2, -0.15) is 0 Å². The lowest BCUT2D eigenvalue weighted by Gasteiger charge is -2.15. The first-order valence-corrected chi connectivity index (χ1v) is 9.83. The summed E-state index contributed by atoms with van der Waals surface area (Å²) < 4.78 is 10.6. The number of nitrogens with one attached hydrogen (secondary N) is 3. The second-order valence-corrected chi connectivity index (χ2v) is 7.34. The van der Waals surface area contributed by atoms with Gasteiger partial charge in [-0.15, -0.1) is 0 Å². The molecule has 0 atom stereocenters. The number of hydrogen-bond donors (Lipinski definition) is 3. The van der Waals surface area contributed by atoms with Crippen LogP contribution < -0.4 is 25.7 Å². The molecule has 4 rings (SSSR count). The Morgan fingerprint density at radius 2 is 1.67 bits per heavy atom. The van der Waals surface area contributed by atoms with Crippen molar-refractivity contribution >= 4 is 62.0 Å². The molecule has 0 bridgehead atoms. The van der Waals surface area contributed by atoms with Crippen molar-refractivity contribution in [2.75, 3.05) is 24.9 Å². The number of aromatic nitrogens is 1. The van der Waals surface area contributed by atoms with Gasteiger partial charge in [-0.25, -0.2) is 0 Å². The maximum Gasteiger partial charge on any atom is 0.256 e. The maximum absolute atomic E-state index is 12.3. The molecule has 0 saturated heterocycles. The Morgan fingerprint density at radius 1 is 0.933 bits per heavy atom. The van der Waals surface area contributed by atoms with Gasteiger partial charge in [-0.05, 0) is 47.9 Å². The number of hydrogen-bond acceptors (Lipinski definition) is 4. The lowest BCUT2D eigenvalue weighted by molar-refractivity contribution is 0.396. The van der Waals surface area contributed by atoms with E-state index < -0.39 is 0 Å². The molecule has 1 heterocycles. The zero-order chi connectivity index (χ0) is 21.3. The molecule has 3 aromatic carbocycles. The molecule has 6 nitrogen and oxygen atoms in total. The van der Waals surface area contributed by atoms with Gasteiger partial charge in [0.2, 0.25) is 0 Å². The molecular weight excluding hydrogens is 422 g/mol. The fourth-order valence-electron chi connectivity index (χ4n) is 3.30. The van der Waals surface area contributed by atoms with Crippen molar-refractivity contribution in [2.24, 2.45) is 0 Å². The predicted molar refractivity (Wildman–Crippen MR) is 126 cm³/mol. The third-order valence-corrected chi connectivity index (χ3v) is 5.21. The van der Waals surface area contributed by atoms with Crippen LogP contribution in [0.2, 0.25) is 5.02 Å². The van der Waals surface area contributed by atoms with Crippen LogP contribution in [-0.4, -0.2) is 24.3 Å². The van der Waals surface area contributed by atoms with Gasteiger partial charge in [0, 0.05) is 28.0 Å². The third-order valence-electron chi connectivity index (χ3n) is 4.71. The molecule has 8 heteroatoms. The first kappa shape index (κ1) is 20.0. The zero-order valence-electron chi connectivity index (χ0n) is 16.2. The van der Waals surface area contributed by atoms with Gasteiger partial charge in [0.05, 0.1) is 24.9 Å².